The van der Waals surface area contributed by atoms with Gasteiger partial charge in [0.25, 0.3) is 0 Å². The lowest BCUT2D eigenvalue weighted by Crippen LogP contribution is -2.41. The van der Waals surface area contributed by atoms with Gasteiger partial charge in [0.1, 0.15) is 25.0 Å². The highest BCUT2D eigenvalue weighted by Gasteiger charge is 2.21. The predicted octanol–water partition coefficient (Wildman–Crippen LogP) is 2.67. The molecule has 0 aliphatic rings. The summed E-state index contributed by atoms with van der Waals surface area (Å²) in [6.07, 6.45) is 17.5. The molecule has 354 valence electrons. The maximum atomic E-state index is 12.3. The first kappa shape index (κ1) is 57.2. The maximum Gasteiger partial charge on any atom is 0.326 e. The molecule has 0 spiro atoms. The highest BCUT2D eigenvalue weighted by Crippen LogP contribution is 2.14. The lowest BCUT2D eigenvalue weighted by atomic mass is 10.0. The Morgan fingerprint density at radius 2 is 0.902 bits per heavy atom. The van der Waals surface area contributed by atoms with Gasteiger partial charge < -0.3 is 50.4 Å². The molecule has 0 aromatic heterocycles. The van der Waals surface area contributed by atoms with Crippen molar-refractivity contribution < 1.29 is 62.7 Å². The summed E-state index contributed by atoms with van der Waals surface area (Å²) in [5.74, 6) is 2.15. The van der Waals surface area contributed by atoms with Crippen LogP contribution in [0.25, 0.3) is 0 Å². The van der Waals surface area contributed by atoms with Gasteiger partial charge in [0.2, 0.25) is 23.6 Å². The highest BCUT2D eigenvalue weighted by atomic mass is 16.5. The molecule has 0 heterocycles. The van der Waals surface area contributed by atoms with Crippen LogP contribution in [0.15, 0.2) is 0 Å². The first-order chi connectivity index (χ1) is 29.5. The number of Topliss-reactive ketones (excluding diaryl/α,β-unsaturated/α-hetero) is 1. The van der Waals surface area contributed by atoms with E-state index in [1.165, 1.54) is 51.9 Å². The van der Waals surface area contributed by atoms with Crippen LogP contribution in [0.5, 0.6) is 0 Å². The Balaban J connectivity index is 3.65. The molecule has 0 radical (unpaired) electrons. The number of hydrogen-bond donors (Lipinski definition) is 8. The number of carboxylic acids is 2. The quantitative estimate of drug-likeness (QED) is 0.0248. The van der Waals surface area contributed by atoms with Crippen molar-refractivity contribution >= 4 is 41.4 Å². The molecule has 0 saturated carbocycles. The van der Waals surface area contributed by atoms with Crippen LogP contribution < -0.4 is 32.5 Å². The van der Waals surface area contributed by atoms with E-state index in [1.807, 2.05) is 0 Å². The van der Waals surface area contributed by atoms with E-state index in [9.17, 15) is 38.7 Å². The maximum absolute atomic E-state index is 12.3. The number of ketones is 1. The van der Waals surface area contributed by atoms with Crippen molar-refractivity contribution in [1.82, 2.24) is 26.7 Å². The van der Waals surface area contributed by atoms with Gasteiger partial charge >= 0.3 is 11.9 Å². The second kappa shape index (κ2) is 41.6. The molecule has 0 fully saturated rings. The zero-order valence-electron chi connectivity index (χ0n) is 36.7. The van der Waals surface area contributed by atoms with Crippen molar-refractivity contribution in [3.05, 3.63) is 0 Å². The Hall–Kier alpha value is -3.75. The average molecular weight is 875 g/mol. The Kier molecular flexibility index (Phi) is 39.0. The number of ether oxygens (including phenoxy) is 4. The fraction of sp³-hybridized carbons (Fsp3) is 0.833. The topological polar surface area (TPSA) is 283 Å². The van der Waals surface area contributed by atoms with Crippen LogP contribution in [0, 0.1) is 0 Å². The second-order valence-electron chi connectivity index (χ2n) is 15.0. The SMILES string of the molecule is CC(=O)C(CCCCNC(=O)COCCOCCNC(=O)COCCOCCNC(=O)CCC(NC(=O)CCCCCCCCCCCCCCCCC(=O)O)C(=O)O)NN. The highest BCUT2D eigenvalue weighted by molar-refractivity contribution is 5.84. The number of carbonyl (C=O) groups is 7. The summed E-state index contributed by atoms with van der Waals surface area (Å²) in [7, 11) is 0. The zero-order valence-corrected chi connectivity index (χ0v) is 36.7. The normalized spacial score (nSPS) is 12.0. The predicted molar refractivity (Wildman–Crippen MR) is 228 cm³/mol. The van der Waals surface area contributed by atoms with E-state index in [0.29, 0.717) is 25.8 Å². The standard InChI is InChI=1S/C42H78N6O13/c1-34(49)35(48-43)18-16-17-23-44-39(52)32-60-30-29-59-27-25-46-40(53)33-61-31-28-58-26-24-45-37(50)22-21-36(42(56)57)47-38(51)19-14-12-10-8-6-4-2-3-5-7-9-11-13-15-20-41(54)55/h35-36,48H,2-33,43H2,1H3,(H,44,52)(H,45,50)(H,46,53)(H,47,51)(H,54,55)(H,56,57). The summed E-state index contributed by atoms with van der Waals surface area (Å²) in [5.41, 5.74) is 2.47. The van der Waals surface area contributed by atoms with Gasteiger partial charge in [-0.05, 0) is 45.4 Å². The van der Waals surface area contributed by atoms with Crippen LogP contribution in [0.4, 0.5) is 0 Å². The number of carboxylic acid groups (broad SMARTS) is 2. The summed E-state index contributed by atoms with van der Waals surface area (Å²) in [4.78, 5) is 81.7. The summed E-state index contributed by atoms with van der Waals surface area (Å²) in [6.45, 7) is 3.46. The number of nitrogens with one attached hydrogen (secondary N) is 5. The first-order valence-corrected chi connectivity index (χ1v) is 22.3. The summed E-state index contributed by atoms with van der Waals surface area (Å²) >= 11 is 0. The third kappa shape index (κ3) is 40.1. The van der Waals surface area contributed by atoms with Gasteiger partial charge in [-0.3, -0.25) is 34.6 Å². The summed E-state index contributed by atoms with van der Waals surface area (Å²) < 4.78 is 21.3. The summed E-state index contributed by atoms with van der Waals surface area (Å²) in [5, 5.41) is 28.7. The Labute approximate surface area is 362 Å². The van der Waals surface area contributed by atoms with Crippen LogP contribution in [-0.4, -0.2) is 136 Å². The van der Waals surface area contributed by atoms with Gasteiger partial charge in [-0.15, -0.1) is 0 Å². The molecule has 19 heteroatoms. The van der Waals surface area contributed by atoms with Crippen molar-refractivity contribution in [1.29, 1.82) is 0 Å². The number of nitrogens with two attached hydrogens (primary N) is 1. The fourth-order valence-corrected chi connectivity index (χ4v) is 6.07. The number of hydrogen-bond acceptors (Lipinski definition) is 13. The molecular weight excluding hydrogens is 796 g/mol. The molecule has 0 aromatic carbocycles. The number of unbranched alkanes of at least 4 members (excludes halogenated alkanes) is 14. The Bertz CT molecular complexity index is 1200. The molecule has 0 aliphatic carbocycles. The van der Waals surface area contributed by atoms with Crippen molar-refractivity contribution in [2.45, 2.75) is 154 Å². The lowest BCUT2D eigenvalue weighted by Gasteiger charge is -2.14. The largest absolute Gasteiger partial charge is 0.481 e. The average Bonchev–Trinajstić information content (AvgIpc) is 3.22. The Morgan fingerprint density at radius 3 is 1.36 bits per heavy atom. The molecule has 2 atom stereocenters. The minimum absolute atomic E-state index is 0.0236. The molecule has 19 nitrogen and oxygen atoms in total. The van der Waals surface area contributed by atoms with Crippen LogP contribution >= 0.6 is 0 Å². The zero-order chi connectivity index (χ0) is 45.2. The smallest absolute Gasteiger partial charge is 0.326 e. The number of hydrazine groups is 1. The van der Waals surface area contributed by atoms with E-state index in [2.05, 4.69) is 26.7 Å². The number of aliphatic carboxylic acids is 2. The minimum Gasteiger partial charge on any atom is -0.481 e. The number of amides is 4. The van der Waals surface area contributed by atoms with Crippen molar-refractivity contribution in [2.75, 3.05) is 72.5 Å². The van der Waals surface area contributed by atoms with Crippen LogP contribution in [-0.2, 0) is 52.5 Å². The number of carbonyl (C=O) groups excluding carboxylic acids is 5. The van der Waals surface area contributed by atoms with Crippen LogP contribution in [0.2, 0.25) is 0 Å². The third-order valence-corrected chi connectivity index (χ3v) is 9.62. The van der Waals surface area contributed by atoms with Gasteiger partial charge in [-0.2, -0.15) is 0 Å². The van der Waals surface area contributed by atoms with E-state index in [0.717, 1.165) is 44.9 Å². The van der Waals surface area contributed by atoms with Gasteiger partial charge in [-0.25, -0.2) is 10.2 Å². The number of rotatable bonds is 45. The molecule has 2 unspecified atom stereocenters. The molecular formula is C42H78N6O13. The van der Waals surface area contributed by atoms with Crippen molar-refractivity contribution in [3.63, 3.8) is 0 Å². The third-order valence-electron chi connectivity index (χ3n) is 9.62. The van der Waals surface area contributed by atoms with E-state index in [-0.39, 0.29) is 127 Å². The first-order valence-electron chi connectivity index (χ1n) is 22.3. The molecule has 0 rings (SSSR count). The van der Waals surface area contributed by atoms with E-state index in [4.69, 9.17) is 29.9 Å². The monoisotopic (exact) mass is 875 g/mol. The van der Waals surface area contributed by atoms with Crippen LogP contribution in [0.3, 0.4) is 0 Å². The van der Waals surface area contributed by atoms with E-state index >= 15 is 0 Å². The molecule has 9 N–H and O–H groups in total. The van der Waals surface area contributed by atoms with E-state index in [1.54, 1.807) is 0 Å². The molecule has 61 heavy (non-hydrogen) atoms. The van der Waals surface area contributed by atoms with Crippen LogP contribution in [0.1, 0.15) is 142 Å². The van der Waals surface area contributed by atoms with Crippen molar-refractivity contribution in [2.24, 2.45) is 5.84 Å². The lowest BCUT2D eigenvalue weighted by molar-refractivity contribution is -0.142. The molecule has 0 aromatic rings. The molecule has 0 aliphatic heterocycles. The van der Waals surface area contributed by atoms with Gasteiger partial charge in [0, 0.05) is 38.9 Å². The van der Waals surface area contributed by atoms with E-state index < -0.39 is 18.0 Å². The summed E-state index contributed by atoms with van der Waals surface area (Å²) in [6, 6.07) is -1.52. The second-order valence-corrected chi connectivity index (χ2v) is 15.0. The van der Waals surface area contributed by atoms with Gasteiger partial charge in [0.15, 0.2) is 0 Å². The molecule has 4 amide bonds. The minimum atomic E-state index is -1.18. The van der Waals surface area contributed by atoms with Gasteiger partial charge in [0.05, 0.1) is 45.7 Å². The molecule has 0 bridgehead atoms. The molecule has 0 saturated heterocycles. The van der Waals surface area contributed by atoms with Crippen molar-refractivity contribution in [3.8, 4) is 0 Å². The van der Waals surface area contributed by atoms with Gasteiger partial charge in [-0.1, -0.05) is 77.0 Å². The fourth-order valence-electron chi connectivity index (χ4n) is 6.07. The Morgan fingerprint density at radius 1 is 0.459 bits per heavy atom.